The summed E-state index contributed by atoms with van der Waals surface area (Å²) in [5, 5.41) is 8.89. The Labute approximate surface area is 274 Å². The number of nitrogens with zero attached hydrogens (tertiary/aromatic N) is 1. The number of rotatable bonds is 3. The predicted octanol–water partition coefficient (Wildman–Crippen LogP) is 12.2. The van der Waals surface area contributed by atoms with Gasteiger partial charge < -0.3 is 10.2 Å². The molecule has 2 heteroatoms. The van der Waals surface area contributed by atoms with Gasteiger partial charge in [0.05, 0.1) is 17.1 Å². The first-order chi connectivity index (χ1) is 23.3. The standard InChI is InChI=1S/C45H30N2/c1-3-13-29(14-4-1)43-34-18-7-8-19-35(34)44(30-15-5-2-6-16-30)39-28-32(23-25-36(39)43)31-24-26-37-38(27-31)33-17-9-11-21-41(33)47-42-22-12-10-20-40(42)46-45(37)47/h1-28,45-46H. The maximum absolute atomic E-state index is 3.81. The molecule has 2 aliphatic heterocycles. The third-order valence-electron chi connectivity index (χ3n) is 10.00. The molecule has 0 spiro atoms. The minimum atomic E-state index is 0.0624. The first-order valence-electron chi connectivity index (χ1n) is 16.3. The van der Waals surface area contributed by atoms with Crippen LogP contribution in [0.3, 0.4) is 0 Å². The number of anilines is 3. The molecule has 220 valence electrons. The summed E-state index contributed by atoms with van der Waals surface area (Å²) in [6.45, 7) is 0. The zero-order chi connectivity index (χ0) is 30.9. The van der Waals surface area contributed by atoms with Gasteiger partial charge >= 0.3 is 0 Å². The molecular formula is C45H30N2. The Morgan fingerprint density at radius 2 is 0.936 bits per heavy atom. The minimum absolute atomic E-state index is 0.0624. The zero-order valence-corrected chi connectivity index (χ0v) is 25.7. The lowest BCUT2D eigenvalue weighted by Gasteiger charge is -2.35. The summed E-state index contributed by atoms with van der Waals surface area (Å²) in [5.41, 5.74) is 15.0. The highest BCUT2D eigenvalue weighted by Crippen LogP contribution is 2.54. The predicted molar refractivity (Wildman–Crippen MR) is 198 cm³/mol. The van der Waals surface area contributed by atoms with E-state index in [9.17, 15) is 0 Å². The molecular weight excluding hydrogens is 569 g/mol. The van der Waals surface area contributed by atoms with Gasteiger partial charge in [-0.3, -0.25) is 0 Å². The van der Waals surface area contributed by atoms with Crippen LogP contribution in [0.5, 0.6) is 0 Å². The zero-order valence-electron chi connectivity index (χ0n) is 25.7. The van der Waals surface area contributed by atoms with Crippen LogP contribution in [0.4, 0.5) is 17.1 Å². The molecule has 0 bridgehead atoms. The largest absolute Gasteiger partial charge is 0.359 e. The van der Waals surface area contributed by atoms with Crippen LogP contribution in [0.1, 0.15) is 11.7 Å². The number of nitrogens with one attached hydrogen (secondary N) is 1. The number of fused-ring (bicyclic) bond motifs is 10. The molecule has 47 heavy (non-hydrogen) atoms. The van der Waals surface area contributed by atoms with Crippen molar-refractivity contribution in [2.24, 2.45) is 0 Å². The molecule has 0 amide bonds. The van der Waals surface area contributed by atoms with Crippen molar-refractivity contribution in [2.45, 2.75) is 6.17 Å². The van der Waals surface area contributed by atoms with Crippen molar-refractivity contribution in [3.8, 4) is 44.5 Å². The molecule has 8 aromatic carbocycles. The smallest absolute Gasteiger partial charge is 0.131 e. The van der Waals surface area contributed by atoms with E-state index in [-0.39, 0.29) is 6.17 Å². The van der Waals surface area contributed by atoms with Crippen LogP contribution < -0.4 is 10.2 Å². The Morgan fingerprint density at radius 3 is 1.68 bits per heavy atom. The van der Waals surface area contributed by atoms with Crippen LogP contribution in [0.2, 0.25) is 0 Å². The van der Waals surface area contributed by atoms with Gasteiger partial charge in [0.25, 0.3) is 0 Å². The Morgan fingerprint density at radius 1 is 0.383 bits per heavy atom. The lowest BCUT2D eigenvalue weighted by molar-refractivity contribution is 0.819. The number of hydrogen-bond acceptors (Lipinski definition) is 2. The fraction of sp³-hybridized carbons (Fsp3) is 0.0222. The second kappa shape index (κ2) is 10.2. The molecule has 0 aromatic heterocycles. The van der Waals surface area contributed by atoms with E-state index in [4.69, 9.17) is 0 Å². The van der Waals surface area contributed by atoms with Crippen molar-refractivity contribution in [3.63, 3.8) is 0 Å². The highest BCUT2D eigenvalue weighted by Gasteiger charge is 2.37. The molecule has 1 N–H and O–H groups in total. The van der Waals surface area contributed by atoms with E-state index < -0.39 is 0 Å². The van der Waals surface area contributed by atoms with E-state index >= 15 is 0 Å². The summed E-state index contributed by atoms with van der Waals surface area (Å²) < 4.78 is 0. The fourth-order valence-corrected chi connectivity index (χ4v) is 7.95. The van der Waals surface area contributed by atoms with Crippen molar-refractivity contribution >= 4 is 38.6 Å². The van der Waals surface area contributed by atoms with Gasteiger partial charge in [0.1, 0.15) is 6.17 Å². The van der Waals surface area contributed by atoms with Gasteiger partial charge in [-0.05, 0) is 90.8 Å². The maximum atomic E-state index is 3.81. The second-order valence-corrected chi connectivity index (χ2v) is 12.5. The van der Waals surface area contributed by atoms with E-state index in [0.29, 0.717) is 0 Å². The second-order valence-electron chi connectivity index (χ2n) is 12.5. The molecule has 0 fully saturated rings. The first-order valence-corrected chi connectivity index (χ1v) is 16.3. The SMILES string of the molecule is c1ccc(-c2c3ccccc3c(-c3ccccc3)c3cc(-c4ccc5c(c4)-c4ccccc4N4c6ccccc6NC54)ccc23)cc1. The summed E-state index contributed by atoms with van der Waals surface area (Å²) in [6, 6.07) is 62.1. The number of benzene rings is 8. The van der Waals surface area contributed by atoms with E-state index in [1.807, 2.05) is 0 Å². The lowest BCUT2D eigenvalue weighted by atomic mass is 9.84. The molecule has 0 radical (unpaired) electrons. The van der Waals surface area contributed by atoms with Crippen molar-refractivity contribution in [1.82, 2.24) is 0 Å². The topological polar surface area (TPSA) is 15.3 Å². The van der Waals surface area contributed by atoms with Gasteiger partial charge in [0.15, 0.2) is 0 Å². The number of para-hydroxylation sites is 3. The van der Waals surface area contributed by atoms with Gasteiger partial charge in [0, 0.05) is 11.1 Å². The van der Waals surface area contributed by atoms with Crippen LogP contribution in [0.15, 0.2) is 170 Å². The summed E-state index contributed by atoms with van der Waals surface area (Å²) in [7, 11) is 0. The first kappa shape index (κ1) is 26.1. The third kappa shape index (κ3) is 3.92. The summed E-state index contributed by atoms with van der Waals surface area (Å²) in [4.78, 5) is 2.45. The highest BCUT2D eigenvalue weighted by atomic mass is 15.3. The van der Waals surface area contributed by atoms with Gasteiger partial charge in [-0.2, -0.15) is 0 Å². The molecule has 8 aromatic rings. The van der Waals surface area contributed by atoms with Crippen LogP contribution in [0.25, 0.3) is 66.1 Å². The van der Waals surface area contributed by atoms with Crippen LogP contribution in [0, 0.1) is 0 Å². The molecule has 1 unspecified atom stereocenters. The van der Waals surface area contributed by atoms with Crippen molar-refractivity contribution < 1.29 is 0 Å². The molecule has 0 saturated carbocycles. The van der Waals surface area contributed by atoms with Crippen LogP contribution >= 0.6 is 0 Å². The average molecular weight is 599 g/mol. The molecule has 2 nitrogen and oxygen atoms in total. The van der Waals surface area contributed by atoms with E-state index in [1.54, 1.807) is 0 Å². The molecule has 0 saturated heterocycles. The fourth-order valence-electron chi connectivity index (χ4n) is 7.95. The van der Waals surface area contributed by atoms with Crippen molar-refractivity contribution in [3.05, 3.63) is 175 Å². The van der Waals surface area contributed by atoms with Crippen LogP contribution in [-0.4, -0.2) is 0 Å². The Hall–Kier alpha value is -6.12. The average Bonchev–Trinajstić information content (AvgIpc) is 3.54. The highest BCUT2D eigenvalue weighted by molar-refractivity contribution is 6.22. The Bertz CT molecular complexity index is 2500. The molecule has 2 heterocycles. The Balaban J connectivity index is 1.21. The molecule has 10 rings (SSSR count). The van der Waals surface area contributed by atoms with Crippen molar-refractivity contribution in [1.29, 1.82) is 0 Å². The van der Waals surface area contributed by atoms with Gasteiger partial charge in [0.2, 0.25) is 0 Å². The molecule has 1 atom stereocenters. The third-order valence-corrected chi connectivity index (χ3v) is 10.00. The summed E-state index contributed by atoms with van der Waals surface area (Å²) >= 11 is 0. The van der Waals surface area contributed by atoms with E-state index in [1.165, 1.54) is 88.7 Å². The molecule has 2 aliphatic rings. The number of hydrogen-bond donors (Lipinski definition) is 1. The van der Waals surface area contributed by atoms with Gasteiger partial charge in [-0.1, -0.05) is 140 Å². The van der Waals surface area contributed by atoms with E-state index in [2.05, 4.69) is 180 Å². The Kier molecular flexibility index (Phi) is 5.67. The maximum Gasteiger partial charge on any atom is 0.131 e. The van der Waals surface area contributed by atoms with E-state index in [0.717, 1.165) is 0 Å². The minimum Gasteiger partial charge on any atom is -0.359 e. The summed E-state index contributed by atoms with van der Waals surface area (Å²) in [6.07, 6.45) is 0.0624. The quantitative estimate of drug-likeness (QED) is 0.204. The van der Waals surface area contributed by atoms with Crippen molar-refractivity contribution in [2.75, 3.05) is 10.2 Å². The van der Waals surface area contributed by atoms with Gasteiger partial charge in [-0.25, -0.2) is 0 Å². The lowest BCUT2D eigenvalue weighted by Crippen LogP contribution is -2.27. The van der Waals surface area contributed by atoms with Gasteiger partial charge in [-0.15, -0.1) is 0 Å². The summed E-state index contributed by atoms with van der Waals surface area (Å²) in [5.74, 6) is 0. The van der Waals surface area contributed by atoms with Crippen LogP contribution in [-0.2, 0) is 0 Å². The monoisotopic (exact) mass is 598 g/mol. The molecule has 0 aliphatic carbocycles. The normalized spacial score (nSPS) is 14.3.